The third-order valence-electron chi connectivity index (χ3n) is 14.1. The van der Waals surface area contributed by atoms with E-state index < -0.39 is 5.41 Å². The highest BCUT2D eigenvalue weighted by Crippen LogP contribution is 2.57. The van der Waals surface area contributed by atoms with Crippen molar-refractivity contribution < 1.29 is 0 Å². The van der Waals surface area contributed by atoms with Crippen molar-refractivity contribution in [3.05, 3.63) is 289 Å². The van der Waals surface area contributed by atoms with Gasteiger partial charge in [0.15, 0.2) is 0 Å². The van der Waals surface area contributed by atoms with E-state index in [-0.39, 0.29) is 0 Å². The van der Waals surface area contributed by atoms with Crippen LogP contribution in [0.15, 0.2) is 267 Å². The molecule has 1 aliphatic rings. The summed E-state index contributed by atoms with van der Waals surface area (Å²) < 4.78 is 2.52. The van der Waals surface area contributed by atoms with Crippen LogP contribution >= 0.6 is 0 Å². The predicted octanol–water partition coefficient (Wildman–Crippen LogP) is 17.1. The molecule has 0 fully saturated rings. The minimum Gasteiger partial charge on any atom is -0.311 e. The summed E-state index contributed by atoms with van der Waals surface area (Å²) in [5, 5.41) is 5.00. The van der Waals surface area contributed by atoms with Gasteiger partial charge in [0.1, 0.15) is 0 Å². The Bertz CT molecular complexity index is 3700. The summed E-state index contributed by atoms with van der Waals surface area (Å²) >= 11 is 0. The fourth-order valence-electron chi connectivity index (χ4n) is 11.2. The number of anilines is 3. The maximum atomic E-state index is 2.52. The van der Waals surface area contributed by atoms with Crippen LogP contribution in [0.3, 0.4) is 0 Å². The van der Waals surface area contributed by atoms with Gasteiger partial charge in [0, 0.05) is 33.5 Å². The molecular formula is C65H44N2. The van der Waals surface area contributed by atoms with Crippen LogP contribution in [0.1, 0.15) is 22.3 Å². The first-order chi connectivity index (χ1) is 33.3. The molecule has 12 aromatic rings. The number of fused-ring (bicyclic) bond motifs is 8. The lowest BCUT2D eigenvalue weighted by Gasteiger charge is -2.34. The number of nitrogens with zero attached hydrogens (tertiary/aromatic N) is 2. The molecule has 0 spiro atoms. The van der Waals surface area contributed by atoms with Crippen molar-refractivity contribution >= 4 is 49.6 Å². The van der Waals surface area contributed by atoms with Crippen LogP contribution in [-0.2, 0) is 5.41 Å². The maximum absolute atomic E-state index is 2.52. The molecular weight excluding hydrogens is 809 g/mol. The first-order valence-electron chi connectivity index (χ1n) is 23.2. The number of hydrogen-bond donors (Lipinski definition) is 0. The fourth-order valence-corrected chi connectivity index (χ4v) is 11.2. The van der Waals surface area contributed by atoms with Gasteiger partial charge < -0.3 is 9.47 Å². The van der Waals surface area contributed by atoms with Crippen molar-refractivity contribution in [2.75, 3.05) is 4.90 Å². The smallest absolute Gasteiger partial charge is 0.0714 e. The Morgan fingerprint density at radius 2 is 0.836 bits per heavy atom. The molecule has 2 heteroatoms. The van der Waals surface area contributed by atoms with E-state index in [1.807, 2.05) is 0 Å². The molecule has 2 nitrogen and oxygen atoms in total. The predicted molar refractivity (Wildman–Crippen MR) is 281 cm³/mol. The number of para-hydroxylation sites is 2. The average molecular weight is 853 g/mol. The SMILES string of the molecule is c1ccc(N(c2ccccc2)c2ccc(-c3ccccc3-c3ccc4c5c6ccccc6ccc5n(-c5ccc6c(c5)C(c5ccccc5)(c5ccccc5)c5ccccc5-6)c4c3)cc2)cc1. The monoisotopic (exact) mass is 852 g/mol. The van der Waals surface area contributed by atoms with E-state index in [2.05, 4.69) is 276 Å². The summed E-state index contributed by atoms with van der Waals surface area (Å²) in [5.41, 5.74) is 18.8. The molecule has 0 bridgehead atoms. The van der Waals surface area contributed by atoms with E-state index in [0.29, 0.717) is 0 Å². The molecule has 0 atom stereocenters. The van der Waals surface area contributed by atoms with Crippen LogP contribution in [0.5, 0.6) is 0 Å². The Hall–Kier alpha value is -8.72. The fraction of sp³-hybridized carbons (Fsp3) is 0.0154. The maximum Gasteiger partial charge on any atom is 0.0714 e. The molecule has 67 heavy (non-hydrogen) atoms. The van der Waals surface area contributed by atoms with E-state index in [1.165, 1.54) is 88.2 Å². The highest BCUT2D eigenvalue weighted by molar-refractivity contribution is 6.22. The van der Waals surface area contributed by atoms with Gasteiger partial charge in [-0.1, -0.05) is 206 Å². The summed E-state index contributed by atoms with van der Waals surface area (Å²) in [5.74, 6) is 0. The van der Waals surface area contributed by atoms with Gasteiger partial charge in [0.25, 0.3) is 0 Å². The Morgan fingerprint density at radius 1 is 0.313 bits per heavy atom. The summed E-state index contributed by atoms with van der Waals surface area (Å²) in [7, 11) is 0. The molecule has 11 aromatic carbocycles. The van der Waals surface area contributed by atoms with Gasteiger partial charge in [0.2, 0.25) is 0 Å². The van der Waals surface area contributed by atoms with Gasteiger partial charge >= 0.3 is 0 Å². The topological polar surface area (TPSA) is 8.17 Å². The van der Waals surface area contributed by atoms with Gasteiger partial charge in [-0.25, -0.2) is 0 Å². The number of benzene rings is 11. The van der Waals surface area contributed by atoms with Gasteiger partial charge in [-0.2, -0.15) is 0 Å². The van der Waals surface area contributed by atoms with E-state index in [0.717, 1.165) is 22.7 Å². The molecule has 1 heterocycles. The van der Waals surface area contributed by atoms with E-state index in [1.54, 1.807) is 0 Å². The second-order valence-electron chi connectivity index (χ2n) is 17.6. The molecule has 0 N–H and O–H groups in total. The molecule has 1 aliphatic carbocycles. The molecule has 0 amide bonds. The molecule has 0 radical (unpaired) electrons. The molecule has 0 saturated heterocycles. The molecule has 1 aromatic heterocycles. The standard InChI is InChI=1S/C65H44N2/c1-5-20-48(21-6-1)65(49-22-7-2-8-23-49)60-32-18-17-31-57(60)58-41-39-53(44-61(58)65)67-62-42-36-45-19-13-14-30-56(45)64(62)59-40-35-47(43-63(59)67)55-29-16-15-28-54(55)46-33-37-52(38-34-46)66(50-24-9-3-10-25-50)51-26-11-4-12-27-51/h1-44H. The average Bonchev–Trinajstić information content (AvgIpc) is 3.90. The molecule has 13 rings (SSSR count). The zero-order valence-corrected chi connectivity index (χ0v) is 36.8. The van der Waals surface area contributed by atoms with Crippen LogP contribution < -0.4 is 4.90 Å². The second-order valence-corrected chi connectivity index (χ2v) is 17.6. The van der Waals surface area contributed by atoms with Crippen LogP contribution in [0.25, 0.3) is 71.6 Å². The lowest BCUT2D eigenvalue weighted by molar-refractivity contribution is 0.767. The zero-order chi connectivity index (χ0) is 44.3. The Morgan fingerprint density at radius 3 is 1.51 bits per heavy atom. The normalized spacial score (nSPS) is 12.6. The first kappa shape index (κ1) is 38.7. The van der Waals surface area contributed by atoms with Gasteiger partial charge in [-0.3, -0.25) is 0 Å². The number of rotatable bonds is 8. The van der Waals surface area contributed by atoms with E-state index in [4.69, 9.17) is 0 Å². The minimum absolute atomic E-state index is 0.505. The van der Waals surface area contributed by atoms with Crippen LogP contribution in [0, 0.1) is 0 Å². The lowest BCUT2D eigenvalue weighted by Crippen LogP contribution is -2.28. The van der Waals surface area contributed by atoms with Crippen molar-refractivity contribution in [3.63, 3.8) is 0 Å². The third kappa shape index (κ3) is 6.11. The van der Waals surface area contributed by atoms with Crippen LogP contribution in [-0.4, -0.2) is 4.57 Å². The van der Waals surface area contributed by atoms with Gasteiger partial charge in [0.05, 0.1) is 16.4 Å². The van der Waals surface area contributed by atoms with Crippen molar-refractivity contribution in [3.8, 4) is 39.1 Å². The van der Waals surface area contributed by atoms with Gasteiger partial charge in [-0.15, -0.1) is 0 Å². The number of aromatic nitrogens is 1. The summed E-state index contributed by atoms with van der Waals surface area (Å²) in [4.78, 5) is 2.31. The zero-order valence-electron chi connectivity index (χ0n) is 36.8. The Kier molecular flexibility index (Phi) is 9.11. The van der Waals surface area contributed by atoms with E-state index >= 15 is 0 Å². The molecule has 0 aliphatic heterocycles. The summed E-state index contributed by atoms with van der Waals surface area (Å²) in [6.45, 7) is 0. The van der Waals surface area contributed by atoms with Crippen molar-refractivity contribution in [1.29, 1.82) is 0 Å². The second kappa shape index (κ2) is 15.8. The highest BCUT2D eigenvalue weighted by atomic mass is 15.1. The van der Waals surface area contributed by atoms with Crippen molar-refractivity contribution in [1.82, 2.24) is 4.57 Å². The Balaban J connectivity index is 1.01. The van der Waals surface area contributed by atoms with Crippen LogP contribution in [0.2, 0.25) is 0 Å². The largest absolute Gasteiger partial charge is 0.311 e. The minimum atomic E-state index is -0.505. The Labute approximate surface area is 390 Å². The van der Waals surface area contributed by atoms with Crippen molar-refractivity contribution in [2.24, 2.45) is 0 Å². The lowest BCUT2D eigenvalue weighted by atomic mass is 9.67. The van der Waals surface area contributed by atoms with Crippen LogP contribution in [0.4, 0.5) is 17.1 Å². The quantitative estimate of drug-likeness (QED) is 0.148. The first-order valence-corrected chi connectivity index (χ1v) is 23.2. The molecule has 0 unspecified atom stereocenters. The highest BCUT2D eigenvalue weighted by Gasteiger charge is 2.46. The molecule has 314 valence electrons. The molecule has 0 saturated carbocycles. The van der Waals surface area contributed by atoms with E-state index in [9.17, 15) is 0 Å². The summed E-state index contributed by atoms with van der Waals surface area (Å²) in [6, 6.07) is 98.0. The number of hydrogen-bond acceptors (Lipinski definition) is 1. The van der Waals surface area contributed by atoms with Gasteiger partial charge in [-0.05, 0) is 127 Å². The summed E-state index contributed by atoms with van der Waals surface area (Å²) in [6.07, 6.45) is 0. The van der Waals surface area contributed by atoms with Crippen molar-refractivity contribution in [2.45, 2.75) is 5.41 Å². The third-order valence-corrected chi connectivity index (χ3v) is 14.1.